The van der Waals surface area contributed by atoms with Crippen LogP contribution in [0.5, 0.6) is 0 Å². The summed E-state index contributed by atoms with van der Waals surface area (Å²) in [6, 6.07) is 10.5. The number of aliphatic hydroxyl groups is 1. The van der Waals surface area contributed by atoms with Gasteiger partial charge in [0, 0.05) is 17.6 Å². The fourth-order valence-corrected chi connectivity index (χ4v) is 2.03. The molecule has 0 aliphatic rings. The van der Waals surface area contributed by atoms with Crippen LogP contribution in [0, 0.1) is 0 Å². The normalized spacial score (nSPS) is 14.6. The first-order chi connectivity index (χ1) is 8.74. The molecule has 2 atom stereocenters. The number of aliphatic hydroxyl groups excluding tert-OH is 1. The maximum absolute atomic E-state index is 9.52. The van der Waals surface area contributed by atoms with E-state index in [9.17, 15) is 5.11 Å². The summed E-state index contributed by atoms with van der Waals surface area (Å²) >= 11 is 0. The zero-order valence-corrected chi connectivity index (χ0v) is 10.9. The molecule has 2 N–H and O–H groups in total. The number of rotatable bonds is 5. The van der Waals surface area contributed by atoms with E-state index in [1.165, 1.54) is 0 Å². The highest BCUT2D eigenvalue weighted by molar-refractivity contribution is 5.79. The van der Waals surface area contributed by atoms with Gasteiger partial charge in [0.2, 0.25) is 0 Å². The number of aromatic nitrogens is 1. The van der Waals surface area contributed by atoms with Crippen molar-refractivity contribution in [2.24, 2.45) is 0 Å². The summed E-state index contributed by atoms with van der Waals surface area (Å²) in [5, 5.41) is 14.1. The molecule has 96 valence electrons. The topological polar surface area (TPSA) is 45.1 Å². The first kappa shape index (κ1) is 13.0. The van der Waals surface area contributed by atoms with Gasteiger partial charge in [-0.2, -0.15) is 0 Å². The van der Waals surface area contributed by atoms with E-state index >= 15 is 0 Å². The van der Waals surface area contributed by atoms with Gasteiger partial charge in [-0.15, -0.1) is 0 Å². The van der Waals surface area contributed by atoms with Gasteiger partial charge in [0.1, 0.15) is 0 Å². The van der Waals surface area contributed by atoms with Gasteiger partial charge < -0.3 is 10.4 Å². The van der Waals surface area contributed by atoms with Crippen LogP contribution in [-0.4, -0.2) is 22.7 Å². The molecule has 0 bridgehead atoms. The second kappa shape index (κ2) is 5.94. The monoisotopic (exact) mass is 244 g/mol. The Balaban J connectivity index is 2.27. The summed E-state index contributed by atoms with van der Waals surface area (Å²) in [6.45, 7) is 4.37. The molecule has 0 radical (unpaired) electrons. The lowest BCUT2D eigenvalue weighted by atomic mass is 10.0. The van der Waals surface area contributed by atoms with E-state index in [0.29, 0.717) is 6.04 Å². The summed E-state index contributed by atoms with van der Waals surface area (Å²) in [5.74, 6) is 0. The van der Waals surface area contributed by atoms with Crippen LogP contribution in [0.4, 0.5) is 0 Å². The van der Waals surface area contributed by atoms with Crippen molar-refractivity contribution in [3.05, 3.63) is 42.1 Å². The van der Waals surface area contributed by atoms with Crippen LogP contribution in [-0.2, 0) is 0 Å². The maximum Gasteiger partial charge on any atom is 0.0702 e. The Labute approximate surface area is 108 Å². The standard InChI is InChI=1S/C15H20N2O/c1-3-11(2)17-15(10-18)13-6-7-14-12(9-13)5-4-8-16-14/h4-9,11,15,17-18H,3,10H2,1-2H3. The molecule has 18 heavy (non-hydrogen) atoms. The quantitative estimate of drug-likeness (QED) is 0.850. The molecule has 0 saturated carbocycles. The smallest absolute Gasteiger partial charge is 0.0702 e. The number of pyridine rings is 1. The second-order valence-electron chi connectivity index (χ2n) is 4.67. The number of hydrogen-bond donors (Lipinski definition) is 2. The average molecular weight is 244 g/mol. The highest BCUT2D eigenvalue weighted by atomic mass is 16.3. The van der Waals surface area contributed by atoms with Crippen molar-refractivity contribution in [2.75, 3.05) is 6.61 Å². The molecule has 0 fully saturated rings. The van der Waals surface area contributed by atoms with Crippen molar-refractivity contribution in [2.45, 2.75) is 32.4 Å². The van der Waals surface area contributed by atoms with Crippen molar-refractivity contribution in [3.63, 3.8) is 0 Å². The first-order valence-electron chi connectivity index (χ1n) is 6.46. The third-order valence-corrected chi connectivity index (χ3v) is 3.31. The lowest BCUT2D eigenvalue weighted by Crippen LogP contribution is -2.32. The minimum absolute atomic E-state index is 0.00967. The van der Waals surface area contributed by atoms with Crippen molar-refractivity contribution < 1.29 is 5.11 Å². The minimum Gasteiger partial charge on any atom is -0.394 e. The van der Waals surface area contributed by atoms with Gasteiger partial charge in [-0.25, -0.2) is 0 Å². The van der Waals surface area contributed by atoms with E-state index < -0.39 is 0 Å². The molecule has 2 unspecified atom stereocenters. The summed E-state index contributed by atoms with van der Waals surface area (Å²) in [7, 11) is 0. The van der Waals surface area contributed by atoms with Crippen molar-refractivity contribution >= 4 is 10.9 Å². The Morgan fingerprint density at radius 2 is 2.17 bits per heavy atom. The molecule has 1 heterocycles. The van der Waals surface area contributed by atoms with Crippen LogP contribution in [0.25, 0.3) is 10.9 Å². The molecule has 0 spiro atoms. The first-order valence-corrected chi connectivity index (χ1v) is 6.46. The number of benzene rings is 1. The summed E-state index contributed by atoms with van der Waals surface area (Å²) in [5.41, 5.74) is 2.10. The third kappa shape index (κ3) is 2.86. The van der Waals surface area contributed by atoms with Gasteiger partial charge >= 0.3 is 0 Å². The van der Waals surface area contributed by atoms with Crippen LogP contribution < -0.4 is 5.32 Å². The summed E-state index contributed by atoms with van der Waals surface area (Å²) in [6.07, 6.45) is 2.84. The molecule has 3 nitrogen and oxygen atoms in total. The Morgan fingerprint density at radius 1 is 1.33 bits per heavy atom. The van der Waals surface area contributed by atoms with Crippen molar-refractivity contribution in [1.82, 2.24) is 10.3 Å². The van der Waals surface area contributed by atoms with E-state index in [-0.39, 0.29) is 12.6 Å². The average Bonchev–Trinajstić information content (AvgIpc) is 2.44. The number of hydrogen-bond acceptors (Lipinski definition) is 3. The van der Waals surface area contributed by atoms with Crippen LogP contribution in [0.3, 0.4) is 0 Å². The van der Waals surface area contributed by atoms with Crippen LogP contribution in [0.2, 0.25) is 0 Å². The Bertz CT molecular complexity index is 513. The van der Waals surface area contributed by atoms with Gasteiger partial charge in [0.25, 0.3) is 0 Å². The molecule has 2 aromatic rings. The summed E-state index contributed by atoms with van der Waals surface area (Å²) in [4.78, 5) is 4.30. The highest BCUT2D eigenvalue weighted by Gasteiger charge is 2.12. The maximum atomic E-state index is 9.52. The van der Waals surface area contributed by atoms with Gasteiger partial charge in [-0.05, 0) is 37.1 Å². The Morgan fingerprint density at radius 3 is 2.89 bits per heavy atom. The molecular formula is C15H20N2O. The zero-order chi connectivity index (χ0) is 13.0. The molecule has 0 aliphatic heterocycles. The molecule has 0 amide bonds. The molecule has 0 aliphatic carbocycles. The Hall–Kier alpha value is -1.45. The van der Waals surface area contributed by atoms with Gasteiger partial charge in [0.05, 0.1) is 18.2 Å². The van der Waals surface area contributed by atoms with Crippen LogP contribution in [0.15, 0.2) is 36.5 Å². The minimum atomic E-state index is -0.00967. The lowest BCUT2D eigenvalue weighted by molar-refractivity contribution is 0.234. The van der Waals surface area contributed by atoms with E-state index in [1.54, 1.807) is 6.20 Å². The molecule has 1 aromatic heterocycles. The fraction of sp³-hybridized carbons (Fsp3) is 0.400. The highest BCUT2D eigenvalue weighted by Crippen LogP contribution is 2.19. The van der Waals surface area contributed by atoms with E-state index in [0.717, 1.165) is 22.9 Å². The molecule has 0 saturated heterocycles. The molecule has 1 aromatic carbocycles. The van der Waals surface area contributed by atoms with Crippen LogP contribution in [0.1, 0.15) is 31.9 Å². The van der Waals surface area contributed by atoms with E-state index in [4.69, 9.17) is 0 Å². The lowest BCUT2D eigenvalue weighted by Gasteiger charge is -2.21. The van der Waals surface area contributed by atoms with Crippen molar-refractivity contribution in [1.29, 1.82) is 0 Å². The SMILES string of the molecule is CCC(C)NC(CO)c1ccc2ncccc2c1. The van der Waals surface area contributed by atoms with E-state index in [2.05, 4.69) is 30.2 Å². The predicted octanol–water partition coefficient (Wildman–Crippen LogP) is 2.66. The van der Waals surface area contributed by atoms with E-state index in [1.807, 2.05) is 24.3 Å². The van der Waals surface area contributed by atoms with Gasteiger partial charge in [-0.3, -0.25) is 4.98 Å². The second-order valence-corrected chi connectivity index (χ2v) is 4.67. The molecule has 3 heteroatoms. The number of nitrogens with zero attached hydrogens (tertiary/aromatic N) is 1. The van der Waals surface area contributed by atoms with Gasteiger partial charge in [0.15, 0.2) is 0 Å². The number of fused-ring (bicyclic) bond motifs is 1. The summed E-state index contributed by atoms with van der Waals surface area (Å²) < 4.78 is 0. The molecular weight excluding hydrogens is 224 g/mol. The van der Waals surface area contributed by atoms with Gasteiger partial charge in [-0.1, -0.05) is 19.1 Å². The fourth-order valence-electron chi connectivity index (χ4n) is 2.03. The predicted molar refractivity (Wildman–Crippen MR) is 74.5 cm³/mol. The third-order valence-electron chi connectivity index (χ3n) is 3.31. The number of nitrogens with one attached hydrogen (secondary N) is 1. The largest absolute Gasteiger partial charge is 0.394 e. The Kier molecular flexibility index (Phi) is 4.28. The van der Waals surface area contributed by atoms with Crippen molar-refractivity contribution in [3.8, 4) is 0 Å². The zero-order valence-electron chi connectivity index (χ0n) is 10.9. The van der Waals surface area contributed by atoms with Crippen LogP contribution >= 0.6 is 0 Å². The molecule has 2 rings (SSSR count).